The highest BCUT2D eigenvalue weighted by atomic mass is 19.3. The largest absolute Gasteiger partial charge is 0.459 e. The summed E-state index contributed by atoms with van der Waals surface area (Å²) in [6, 6.07) is 0. The maximum Gasteiger partial charge on any atom is 0.312 e. The zero-order valence-electron chi connectivity index (χ0n) is 11.7. The molecule has 2 atom stereocenters. The highest BCUT2D eigenvalue weighted by molar-refractivity contribution is 5.86. The maximum atomic E-state index is 13.3. The van der Waals surface area contributed by atoms with E-state index in [1.54, 1.807) is 0 Å². The third kappa shape index (κ3) is 2.35. The number of Topliss-reactive ketones (excluding diaryl/α,β-unsaturated/α-hetero) is 1. The molecule has 20 heavy (non-hydrogen) atoms. The summed E-state index contributed by atoms with van der Waals surface area (Å²) in [6.45, 7) is 1.36. The average molecular weight is 286 g/mol. The van der Waals surface area contributed by atoms with E-state index in [0.29, 0.717) is 24.5 Å². The van der Waals surface area contributed by atoms with Crippen LogP contribution in [0.5, 0.6) is 0 Å². The van der Waals surface area contributed by atoms with E-state index in [0.717, 1.165) is 19.3 Å². The molecule has 0 spiro atoms. The van der Waals surface area contributed by atoms with Gasteiger partial charge in [-0.25, -0.2) is 8.78 Å². The number of rotatable bonds is 4. The zero-order chi connectivity index (χ0) is 14.5. The summed E-state index contributed by atoms with van der Waals surface area (Å²) < 4.78 is 32.0. The van der Waals surface area contributed by atoms with Crippen molar-refractivity contribution in [2.45, 2.75) is 63.4 Å². The fourth-order valence-electron chi connectivity index (χ4n) is 4.41. The molecular weight excluding hydrogens is 266 g/mol. The van der Waals surface area contributed by atoms with E-state index in [2.05, 4.69) is 0 Å². The Morgan fingerprint density at radius 1 is 1.30 bits per heavy atom. The number of ether oxygens (including phenoxy) is 1. The lowest BCUT2D eigenvalue weighted by Crippen LogP contribution is -2.57. The first-order valence-electron chi connectivity index (χ1n) is 7.46. The fraction of sp³-hybridized carbons (Fsp3) is 0.867. The minimum absolute atomic E-state index is 0.0132. The van der Waals surface area contributed by atoms with Crippen LogP contribution in [0, 0.1) is 17.8 Å². The molecule has 0 saturated heterocycles. The lowest BCUT2D eigenvalue weighted by atomic mass is 9.53. The monoisotopic (exact) mass is 286 g/mol. The molecule has 0 aromatic rings. The lowest BCUT2D eigenvalue weighted by Gasteiger charge is -2.54. The summed E-state index contributed by atoms with van der Waals surface area (Å²) >= 11 is 0. The van der Waals surface area contributed by atoms with E-state index in [-0.39, 0.29) is 18.3 Å². The van der Waals surface area contributed by atoms with Gasteiger partial charge in [0, 0.05) is 18.3 Å². The first-order chi connectivity index (χ1) is 9.32. The van der Waals surface area contributed by atoms with Crippen molar-refractivity contribution in [1.82, 2.24) is 0 Å². The first kappa shape index (κ1) is 14.0. The Hall–Kier alpha value is -1.00. The predicted molar refractivity (Wildman–Crippen MR) is 67.2 cm³/mol. The molecule has 0 aromatic carbocycles. The Bertz CT molecular complexity index is 428. The molecule has 4 aliphatic carbocycles. The van der Waals surface area contributed by atoms with Gasteiger partial charge in [0.2, 0.25) is 0 Å². The molecule has 2 unspecified atom stereocenters. The molecular formula is C15H20F2O3. The van der Waals surface area contributed by atoms with E-state index in [4.69, 9.17) is 4.74 Å². The first-order valence-corrected chi connectivity index (χ1v) is 7.46. The van der Waals surface area contributed by atoms with Crippen molar-refractivity contribution in [3.05, 3.63) is 0 Å². The number of hydrogen-bond acceptors (Lipinski definition) is 3. The zero-order valence-corrected chi connectivity index (χ0v) is 11.7. The number of hydrogen-bond donors (Lipinski definition) is 0. The molecule has 0 amide bonds. The minimum Gasteiger partial charge on any atom is -0.459 e. The third-order valence-electron chi connectivity index (χ3n) is 5.19. The fourth-order valence-corrected chi connectivity index (χ4v) is 4.41. The van der Waals surface area contributed by atoms with Crippen LogP contribution < -0.4 is 0 Å². The maximum absolute atomic E-state index is 13.3. The SMILES string of the molecule is CCC(F)(F)CC(=O)OC12CC3CC(C1)C(=O)C(C3)C2. The van der Waals surface area contributed by atoms with Crippen LogP contribution in [-0.2, 0) is 14.3 Å². The van der Waals surface area contributed by atoms with Crippen LogP contribution in [0.2, 0.25) is 0 Å². The second-order valence-electron chi connectivity index (χ2n) is 6.79. The van der Waals surface area contributed by atoms with Crippen LogP contribution in [0.25, 0.3) is 0 Å². The third-order valence-corrected chi connectivity index (χ3v) is 5.19. The molecule has 5 heteroatoms. The van der Waals surface area contributed by atoms with Gasteiger partial charge in [-0.3, -0.25) is 9.59 Å². The number of esters is 1. The molecule has 0 N–H and O–H groups in total. The van der Waals surface area contributed by atoms with E-state index in [9.17, 15) is 18.4 Å². The van der Waals surface area contributed by atoms with Crippen LogP contribution in [0.15, 0.2) is 0 Å². The number of alkyl halides is 2. The van der Waals surface area contributed by atoms with Gasteiger partial charge >= 0.3 is 5.97 Å². The quantitative estimate of drug-likeness (QED) is 0.746. The Kier molecular flexibility index (Phi) is 3.14. The van der Waals surface area contributed by atoms with E-state index in [1.165, 1.54) is 6.92 Å². The van der Waals surface area contributed by atoms with Crippen molar-refractivity contribution in [3.8, 4) is 0 Å². The second-order valence-corrected chi connectivity index (χ2v) is 6.79. The molecule has 4 fully saturated rings. The summed E-state index contributed by atoms with van der Waals surface area (Å²) in [6.07, 6.45) is 2.40. The van der Waals surface area contributed by atoms with Crippen LogP contribution in [-0.4, -0.2) is 23.3 Å². The van der Waals surface area contributed by atoms with Gasteiger partial charge < -0.3 is 4.74 Å². The van der Waals surface area contributed by atoms with Gasteiger partial charge in [0.1, 0.15) is 17.8 Å². The van der Waals surface area contributed by atoms with Gasteiger partial charge in [0.25, 0.3) is 5.92 Å². The number of carbonyl (C=O) groups excluding carboxylic acids is 2. The van der Waals surface area contributed by atoms with Crippen LogP contribution in [0.3, 0.4) is 0 Å². The Morgan fingerprint density at radius 2 is 1.90 bits per heavy atom. The normalized spacial score (nSPS) is 39.1. The molecule has 0 heterocycles. The lowest BCUT2D eigenvalue weighted by molar-refractivity contribution is -0.194. The van der Waals surface area contributed by atoms with Crippen LogP contribution >= 0.6 is 0 Å². The minimum atomic E-state index is -2.99. The van der Waals surface area contributed by atoms with E-state index < -0.39 is 23.9 Å². The molecule has 4 bridgehead atoms. The Balaban J connectivity index is 1.69. The van der Waals surface area contributed by atoms with E-state index >= 15 is 0 Å². The predicted octanol–water partition coefficient (Wildman–Crippen LogP) is 3.11. The Labute approximate surface area is 117 Å². The average Bonchev–Trinajstić information content (AvgIpc) is 2.33. The van der Waals surface area contributed by atoms with Crippen molar-refractivity contribution in [2.75, 3.05) is 0 Å². The van der Waals surface area contributed by atoms with Crippen molar-refractivity contribution < 1.29 is 23.1 Å². The van der Waals surface area contributed by atoms with Crippen molar-refractivity contribution in [3.63, 3.8) is 0 Å². The summed E-state index contributed by atoms with van der Waals surface area (Å²) in [7, 11) is 0. The number of halogens is 2. The molecule has 0 aliphatic heterocycles. The van der Waals surface area contributed by atoms with Gasteiger partial charge in [-0.05, 0) is 38.0 Å². The molecule has 3 nitrogen and oxygen atoms in total. The second kappa shape index (κ2) is 4.50. The molecule has 112 valence electrons. The van der Waals surface area contributed by atoms with Gasteiger partial charge in [-0.1, -0.05) is 6.92 Å². The Morgan fingerprint density at radius 3 is 2.45 bits per heavy atom. The summed E-state index contributed by atoms with van der Waals surface area (Å²) in [5.74, 6) is -3.11. The number of carbonyl (C=O) groups is 2. The molecule has 0 aromatic heterocycles. The summed E-state index contributed by atoms with van der Waals surface area (Å²) in [4.78, 5) is 23.8. The highest BCUT2D eigenvalue weighted by Crippen LogP contribution is 2.55. The van der Waals surface area contributed by atoms with Gasteiger partial charge in [-0.15, -0.1) is 0 Å². The summed E-state index contributed by atoms with van der Waals surface area (Å²) in [5.41, 5.74) is -0.634. The topological polar surface area (TPSA) is 43.4 Å². The summed E-state index contributed by atoms with van der Waals surface area (Å²) in [5, 5.41) is 0. The molecule has 4 aliphatic rings. The molecule has 4 saturated carbocycles. The van der Waals surface area contributed by atoms with Crippen molar-refractivity contribution in [2.24, 2.45) is 17.8 Å². The van der Waals surface area contributed by atoms with Gasteiger partial charge in [0.15, 0.2) is 0 Å². The highest BCUT2D eigenvalue weighted by Gasteiger charge is 2.57. The van der Waals surface area contributed by atoms with Gasteiger partial charge in [0.05, 0.1) is 0 Å². The molecule has 4 rings (SSSR count). The van der Waals surface area contributed by atoms with Crippen molar-refractivity contribution >= 4 is 11.8 Å². The van der Waals surface area contributed by atoms with Crippen LogP contribution in [0.1, 0.15) is 51.9 Å². The van der Waals surface area contributed by atoms with Crippen molar-refractivity contribution in [1.29, 1.82) is 0 Å². The van der Waals surface area contributed by atoms with Gasteiger partial charge in [-0.2, -0.15) is 0 Å². The molecule has 0 radical (unpaired) electrons. The van der Waals surface area contributed by atoms with E-state index in [1.807, 2.05) is 0 Å². The smallest absolute Gasteiger partial charge is 0.312 e. The standard InChI is InChI=1S/C15H20F2O3/c1-2-15(16,17)8-12(18)20-14-5-9-3-10(6-14)13(19)11(4-9)7-14/h9-11H,2-8H2,1H3. The number of ketones is 1. The van der Waals surface area contributed by atoms with Crippen LogP contribution in [0.4, 0.5) is 8.78 Å².